The molecule has 1 N–H and O–H groups in total. The molecule has 2 rings (SSSR count). The van der Waals surface area contributed by atoms with E-state index in [9.17, 15) is 14.7 Å². The molecular formula is C15H25NO3. The van der Waals surface area contributed by atoms with Gasteiger partial charge in [0.1, 0.15) is 6.04 Å². The van der Waals surface area contributed by atoms with Crippen LogP contribution in [0.1, 0.15) is 52.4 Å². The van der Waals surface area contributed by atoms with Crippen LogP contribution in [-0.4, -0.2) is 34.5 Å². The van der Waals surface area contributed by atoms with Gasteiger partial charge in [-0.25, -0.2) is 4.79 Å². The number of amides is 1. The molecule has 1 saturated heterocycles. The molecule has 1 heterocycles. The maximum Gasteiger partial charge on any atom is 0.326 e. The highest BCUT2D eigenvalue weighted by atomic mass is 16.4. The highest BCUT2D eigenvalue weighted by Gasteiger charge is 2.39. The predicted octanol–water partition coefficient (Wildman–Crippen LogP) is 2.52. The van der Waals surface area contributed by atoms with Gasteiger partial charge in [0.2, 0.25) is 5.91 Å². The van der Waals surface area contributed by atoms with E-state index in [1.165, 1.54) is 0 Å². The smallest absolute Gasteiger partial charge is 0.326 e. The van der Waals surface area contributed by atoms with Crippen molar-refractivity contribution < 1.29 is 14.7 Å². The van der Waals surface area contributed by atoms with Gasteiger partial charge in [-0.2, -0.15) is 0 Å². The molecule has 0 spiro atoms. The van der Waals surface area contributed by atoms with Crippen LogP contribution in [-0.2, 0) is 9.59 Å². The Kier molecular flexibility index (Phi) is 4.48. The molecule has 2 aliphatic rings. The number of hydrogen-bond acceptors (Lipinski definition) is 2. The van der Waals surface area contributed by atoms with E-state index in [1.54, 1.807) is 4.90 Å². The molecule has 108 valence electrons. The lowest BCUT2D eigenvalue weighted by Gasteiger charge is -2.40. The predicted molar refractivity (Wildman–Crippen MR) is 72.7 cm³/mol. The molecule has 4 heteroatoms. The van der Waals surface area contributed by atoms with E-state index in [4.69, 9.17) is 0 Å². The third kappa shape index (κ3) is 3.10. The van der Waals surface area contributed by atoms with Crippen molar-refractivity contribution >= 4 is 11.9 Å². The largest absolute Gasteiger partial charge is 0.480 e. The SMILES string of the molecule is CC1CCC(C(=O)N2CCCC(C)C2C(=O)O)CC1. The maximum absolute atomic E-state index is 12.6. The number of carboxylic acid groups (broad SMARTS) is 1. The summed E-state index contributed by atoms with van der Waals surface area (Å²) >= 11 is 0. The molecule has 0 bridgehead atoms. The number of rotatable bonds is 2. The van der Waals surface area contributed by atoms with E-state index in [-0.39, 0.29) is 17.7 Å². The van der Waals surface area contributed by atoms with E-state index in [0.717, 1.165) is 38.5 Å². The van der Waals surface area contributed by atoms with Crippen LogP contribution in [0.25, 0.3) is 0 Å². The van der Waals surface area contributed by atoms with E-state index in [2.05, 4.69) is 6.92 Å². The number of likely N-dealkylation sites (tertiary alicyclic amines) is 1. The fourth-order valence-electron chi connectivity index (χ4n) is 3.55. The first-order chi connectivity index (χ1) is 9.00. The van der Waals surface area contributed by atoms with Gasteiger partial charge < -0.3 is 10.0 Å². The highest BCUT2D eigenvalue weighted by Crippen LogP contribution is 2.32. The minimum atomic E-state index is -0.843. The monoisotopic (exact) mass is 267 g/mol. The van der Waals surface area contributed by atoms with Crippen LogP contribution in [0.2, 0.25) is 0 Å². The average Bonchev–Trinajstić information content (AvgIpc) is 2.38. The molecule has 0 aromatic rings. The summed E-state index contributed by atoms with van der Waals surface area (Å²) in [5.74, 6) is 0.0799. The van der Waals surface area contributed by atoms with E-state index in [1.807, 2.05) is 6.92 Å². The van der Waals surface area contributed by atoms with E-state index >= 15 is 0 Å². The first-order valence-electron chi connectivity index (χ1n) is 7.54. The zero-order valence-corrected chi connectivity index (χ0v) is 12.0. The third-order valence-electron chi connectivity index (χ3n) is 4.83. The van der Waals surface area contributed by atoms with Crippen molar-refractivity contribution in [3.05, 3.63) is 0 Å². The molecule has 2 atom stereocenters. The summed E-state index contributed by atoms with van der Waals surface area (Å²) in [5, 5.41) is 9.37. The average molecular weight is 267 g/mol. The van der Waals surface area contributed by atoms with Gasteiger partial charge in [0.15, 0.2) is 0 Å². The number of aliphatic carboxylic acids is 1. The molecule has 1 amide bonds. The molecular weight excluding hydrogens is 242 g/mol. The van der Waals surface area contributed by atoms with Crippen molar-refractivity contribution in [2.45, 2.75) is 58.4 Å². The lowest BCUT2D eigenvalue weighted by Crippen LogP contribution is -2.53. The normalized spacial score (nSPS) is 36.0. The van der Waals surface area contributed by atoms with E-state index in [0.29, 0.717) is 12.5 Å². The second-order valence-electron chi connectivity index (χ2n) is 6.39. The van der Waals surface area contributed by atoms with Crippen molar-refractivity contribution in [1.82, 2.24) is 4.90 Å². The van der Waals surface area contributed by atoms with Crippen molar-refractivity contribution in [3.8, 4) is 0 Å². The van der Waals surface area contributed by atoms with Crippen LogP contribution in [0.15, 0.2) is 0 Å². The Balaban J connectivity index is 2.05. The second-order valence-corrected chi connectivity index (χ2v) is 6.39. The van der Waals surface area contributed by atoms with Crippen molar-refractivity contribution in [3.63, 3.8) is 0 Å². The molecule has 0 aromatic heterocycles. The van der Waals surface area contributed by atoms with Crippen molar-refractivity contribution in [1.29, 1.82) is 0 Å². The third-order valence-corrected chi connectivity index (χ3v) is 4.83. The minimum Gasteiger partial charge on any atom is -0.480 e. The molecule has 0 aromatic carbocycles. The molecule has 0 radical (unpaired) electrons. The topological polar surface area (TPSA) is 57.6 Å². The van der Waals surface area contributed by atoms with Crippen molar-refractivity contribution in [2.24, 2.45) is 17.8 Å². The summed E-state index contributed by atoms with van der Waals surface area (Å²) in [6, 6.07) is -0.611. The lowest BCUT2D eigenvalue weighted by atomic mass is 9.81. The Morgan fingerprint density at radius 2 is 1.68 bits per heavy atom. The van der Waals surface area contributed by atoms with Gasteiger partial charge in [-0.05, 0) is 50.4 Å². The number of carbonyl (C=O) groups excluding carboxylic acids is 1. The van der Waals surface area contributed by atoms with Crippen LogP contribution in [0.3, 0.4) is 0 Å². The zero-order chi connectivity index (χ0) is 14.0. The molecule has 4 nitrogen and oxygen atoms in total. The number of piperidine rings is 1. The Morgan fingerprint density at radius 3 is 2.26 bits per heavy atom. The fraction of sp³-hybridized carbons (Fsp3) is 0.867. The zero-order valence-electron chi connectivity index (χ0n) is 12.0. The van der Waals surface area contributed by atoms with Crippen LogP contribution in [0.4, 0.5) is 0 Å². The summed E-state index contributed by atoms with van der Waals surface area (Å²) in [6.07, 6.45) is 5.88. The quantitative estimate of drug-likeness (QED) is 0.836. The van der Waals surface area contributed by atoms with Crippen LogP contribution >= 0.6 is 0 Å². The van der Waals surface area contributed by atoms with E-state index < -0.39 is 12.0 Å². The minimum absolute atomic E-state index is 0.0587. The summed E-state index contributed by atoms with van der Waals surface area (Å²) in [7, 11) is 0. The Labute approximate surface area is 115 Å². The first kappa shape index (κ1) is 14.4. The van der Waals surface area contributed by atoms with Crippen molar-refractivity contribution in [2.75, 3.05) is 6.54 Å². The highest BCUT2D eigenvalue weighted by molar-refractivity contribution is 5.85. The van der Waals surface area contributed by atoms with Gasteiger partial charge in [-0.3, -0.25) is 4.79 Å². The second kappa shape index (κ2) is 5.93. The van der Waals surface area contributed by atoms with Gasteiger partial charge in [0, 0.05) is 12.5 Å². The summed E-state index contributed by atoms with van der Waals surface area (Å²) in [6.45, 7) is 4.79. The lowest BCUT2D eigenvalue weighted by molar-refractivity contribution is -0.157. The standard InChI is InChI=1S/C15H25NO3/c1-10-5-7-12(8-6-10)14(17)16-9-3-4-11(2)13(16)15(18)19/h10-13H,3-9H2,1-2H3,(H,18,19). The summed E-state index contributed by atoms with van der Waals surface area (Å²) in [5.41, 5.74) is 0. The van der Waals surface area contributed by atoms with Crippen LogP contribution < -0.4 is 0 Å². The molecule has 1 aliphatic carbocycles. The summed E-state index contributed by atoms with van der Waals surface area (Å²) < 4.78 is 0. The fourth-order valence-corrected chi connectivity index (χ4v) is 3.55. The Hall–Kier alpha value is -1.06. The van der Waals surface area contributed by atoms with Gasteiger partial charge in [0.05, 0.1) is 0 Å². The first-order valence-corrected chi connectivity index (χ1v) is 7.54. The van der Waals surface area contributed by atoms with Crippen LogP contribution in [0, 0.1) is 17.8 Å². The number of carboxylic acids is 1. The van der Waals surface area contributed by atoms with Gasteiger partial charge in [-0.15, -0.1) is 0 Å². The Morgan fingerprint density at radius 1 is 1.05 bits per heavy atom. The van der Waals surface area contributed by atoms with Gasteiger partial charge in [-0.1, -0.05) is 13.8 Å². The number of hydrogen-bond donors (Lipinski definition) is 1. The Bertz CT molecular complexity index is 347. The van der Waals surface area contributed by atoms with Gasteiger partial charge in [0.25, 0.3) is 0 Å². The molecule has 1 saturated carbocycles. The number of carbonyl (C=O) groups is 2. The molecule has 2 fully saturated rings. The van der Waals surface area contributed by atoms with Crippen LogP contribution in [0.5, 0.6) is 0 Å². The van der Waals surface area contributed by atoms with Gasteiger partial charge >= 0.3 is 5.97 Å². The number of nitrogens with zero attached hydrogens (tertiary/aromatic N) is 1. The maximum atomic E-state index is 12.6. The molecule has 1 aliphatic heterocycles. The molecule has 19 heavy (non-hydrogen) atoms. The summed E-state index contributed by atoms with van der Waals surface area (Å²) in [4.78, 5) is 25.7. The molecule has 2 unspecified atom stereocenters.